The number of fused-ring (bicyclic) bond motifs is 1. The number of aromatic nitrogens is 5. The summed E-state index contributed by atoms with van der Waals surface area (Å²) in [7, 11) is 1.89. The second kappa shape index (κ2) is 4.54. The SMILES string of the molecule is Cc1cc([C@@H]2CCCN2c2ncnc3c2cnn3C)no1. The number of rotatable bonds is 2. The summed E-state index contributed by atoms with van der Waals surface area (Å²) in [5.41, 5.74) is 1.82. The van der Waals surface area contributed by atoms with Crippen molar-refractivity contribution in [3.05, 3.63) is 30.0 Å². The van der Waals surface area contributed by atoms with E-state index < -0.39 is 0 Å². The Labute approximate surface area is 121 Å². The van der Waals surface area contributed by atoms with E-state index in [2.05, 4.69) is 25.1 Å². The average molecular weight is 284 g/mol. The quantitative estimate of drug-likeness (QED) is 0.716. The lowest BCUT2D eigenvalue weighted by molar-refractivity contribution is 0.385. The monoisotopic (exact) mass is 284 g/mol. The Morgan fingerprint density at radius 3 is 3.05 bits per heavy atom. The summed E-state index contributed by atoms with van der Waals surface area (Å²) in [5.74, 6) is 1.77. The van der Waals surface area contributed by atoms with Gasteiger partial charge in [-0.05, 0) is 19.8 Å². The van der Waals surface area contributed by atoms with Crippen molar-refractivity contribution in [1.82, 2.24) is 24.9 Å². The van der Waals surface area contributed by atoms with Crippen LogP contribution in [0.1, 0.15) is 30.3 Å². The third-order valence-electron chi connectivity index (χ3n) is 4.02. The van der Waals surface area contributed by atoms with Crippen LogP contribution in [0.15, 0.2) is 23.1 Å². The maximum atomic E-state index is 5.23. The van der Waals surface area contributed by atoms with Crippen LogP contribution in [0.5, 0.6) is 0 Å². The molecule has 1 saturated heterocycles. The summed E-state index contributed by atoms with van der Waals surface area (Å²) in [6.45, 7) is 2.87. The van der Waals surface area contributed by atoms with Gasteiger partial charge < -0.3 is 9.42 Å². The van der Waals surface area contributed by atoms with Gasteiger partial charge in [-0.25, -0.2) is 9.97 Å². The molecule has 7 heteroatoms. The molecule has 0 bridgehead atoms. The molecule has 108 valence electrons. The van der Waals surface area contributed by atoms with Gasteiger partial charge in [0.25, 0.3) is 0 Å². The summed E-state index contributed by atoms with van der Waals surface area (Å²) >= 11 is 0. The van der Waals surface area contributed by atoms with Crippen LogP contribution in [0, 0.1) is 6.92 Å². The minimum atomic E-state index is 0.209. The third-order valence-corrected chi connectivity index (χ3v) is 4.02. The Kier molecular flexibility index (Phi) is 2.66. The van der Waals surface area contributed by atoms with E-state index in [9.17, 15) is 0 Å². The molecule has 7 nitrogen and oxygen atoms in total. The first kappa shape index (κ1) is 12.3. The van der Waals surface area contributed by atoms with Crippen molar-refractivity contribution in [3.63, 3.8) is 0 Å². The van der Waals surface area contributed by atoms with Crippen LogP contribution in [0.3, 0.4) is 0 Å². The molecule has 0 saturated carbocycles. The molecule has 3 aromatic rings. The summed E-state index contributed by atoms with van der Waals surface area (Å²) in [5, 5.41) is 9.44. The van der Waals surface area contributed by atoms with Gasteiger partial charge >= 0.3 is 0 Å². The smallest absolute Gasteiger partial charge is 0.163 e. The summed E-state index contributed by atoms with van der Waals surface area (Å²) in [6.07, 6.45) is 5.59. The summed E-state index contributed by atoms with van der Waals surface area (Å²) in [6, 6.07) is 2.21. The van der Waals surface area contributed by atoms with Crippen LogP contribution < -0.4 is 4.90 Å². The fourth-order valence-electron chi connectivity index (χ4n) is 3.05. The fourth-order valence-corrected chi connectivity index (χ4v) is 3.05. The van der Waals surface area contributed by atoms with Crippen LogP contribution in [0.2, 0.25) is 0 Å². The molecule has 0 radical (unpaired) electrons. The molecule has 0 aromatic carbocycles. The van der Waals surface area contributed by atoms with Crippen LogP contribution in [0.25, 0.3) is 11.0 Å². The van der Waals surface area contributed by atoms with Gasteiger partial charge in [0.05, 0.1) is 17.6 Å². The first-order valence-corrected chi connectivity index (χ1v) is 7.06. The van der Waals surface area contributed by atoms with Crippen molar-refractivity contribution < 1.29 is 4.52 Å². The molecular weight excluding hydrogens is 268 g/mol. The Balaban J connectivity index is 1.80. The Hall–Kier alpha value is -2.44. The second-order valence-electron chi connectivity index (χ2n) is 5.42. The molecule has 21 heavy (non-hydrogen) atoms. The van der Waals surface area contributed by atoms with E-state index in [-0.39, 0.29) is 6.04 Å². The predicted octanol–water partition coefficient (Wildman–Crippen LogP) is 2.00. The molecule has 1 aliphatic rings. The lowest BCUT2D eigenvalue weighted by Crippen LogP contribution is -2.24. The summed E-state index contributed by atoms with van der Waals surface area (Å²) < 4.78 is 7.00. The Morgan fingerprint density at radius 1 is 1.33 bits per heavy atom. The molecular formula is C14H16N6O. The van der Waals surface area contributed by atoms with Gasteiger partial charge in [-0.2, -0.15) is 5.10 Å². The zero-order valence-electron chi connectivity index (χ0n) is 12.0. The first-order chi connectivity index (χ1) is 10.2. The van der Waals surface area contributed by atoms with Gasteiger partial charge in [0.15, 0.2) is 5.65 Å². The molecule has 0 N–H and O–H groups in total. The highest BCUT2D eigenvalue weighted by Gasteiger charge is 2.31. The highest BCUT2D eigenvalue weighted by atomic mass is 16.5. The molecule has 0 amide bonds. The first-order valence-electron chi connectivity index (χ1n) is 7.06. The standard InChI is InChI=1S/C14H16N6O/c1-9-6-11(18-21-9)12-4-3-5-20(12)14-10-7-17-19(2)13(10)15-8-16-14/h6-8,12H,3-5H2,1-2H3/t12-/m0/s1. The minimum absolute atomic E-state index is 0.209. The Bertz CT molecular complexity index is 792. The van der Waals surface area contributed by atoms with Gasteiger partial charge in [-0.15, -0.1) is 0 Å². The Morgan fingerprint density at radius 2 is 2.24 bits per heavy atom. The van der Waals surface area contributed by atoms with Gasteiger partial charge in [0.1, 0.15) is 23.6 Å². The largest absolute Gasteiger partial charge is 0.361 e. The van der Waals surface area contributed by atoms with Crippen LogP contribution in [-0.4, -0.2) is 31.4 Å². The molecule has 3 aromatic heterocycles. The molecule has 4 heterocycles. The number of hydrogen-bond donors (Lipinski definition) is 0. The molecule has 0 aliphatic carbocycles. The van der Waals surface area contributed by atoms with E-state index >= 15 is 0 Å². The lowest BCUT2D eigenvalue weighted by Gasteiger charge is -2.24. The van der Waals surface area contributed by atoms with E-state index in [1.165, 1.54) is 0 Å². The van der Waals surface area contributed by atoms with Crippen LogP contribution >= 0.6 is 0 Å². The predicted molar refractivity (Wildman–Crippen MR) is 76.9 cm³/mol. The minimum Gasteiger partial charge on any atom is -0.361 e. The van der Waals surface area contributed by atoms with Crippen molar-refractivity contribution in [3.8, 4) is 0 Å². The van der Waals surface area contributed by atoms with E-state index in [1.54, 1.807) is 11.0 Å². The average Bonchev–Trinajstić information content (AvgIpc) is 3.19. The van der Waals surface area contributed by atoms with Crippen molar-refractivity contribution in [2.24, 2.45) is 7.05 Å². The maximum absolute atomic E-state index is 5.23. The molecule has 1 fully saturated rings. The molecule has 0 unspecified atom stereocenters. The van der Waals surface area contributed by atoms with E-state index in [4.69, 9.17) is 4.52 Å². The van der Waals surface area contributed by atoms with Crippen molar-refractivity contribution in [2.75, 3.05) is 11.4 Å². The molecule has 4 rings (SSSR count). The van der Waals surface area contributed by atoms with Crippen LogP contribution in [0.4, 0.5) is 5.82 Å². The highest BCUT2D eigenvalue weighted by molar-refractivity contribution is 5.86. The van der Waals surface area contributed by atoms with Gasteiger partial charge in [-0.1, -0.05) is 5.16 Å². The fraction of sp³-hybridized carbons (Fsp3) is 0.429. The maximum Gasteiger partial charge on any atom is 0.163 e. The van der Waals surface area contributed by atoms with E-state index in [0.29, 0.717) is 0 Å². The number of hydrogen-bond acceptors (Lipinski definition) is 6. The highest BCUT2D eigenvalue weighted by Crippen LogP contribution is 2.37. The molecule has 0 spiro atoms. The third kappa shape index (κ3) is 1.88. The zero-order chi connectivity index (χ0) is 14.4. The summed E-state index contributed by atoms with van der Waals surface area (Å²) in [4.78, 5) is 11.1. The number of aryl methyl sites for hydroxylation is 2. The normalized spacial score (nSPS) is 18.8. The van der Waals surface area contributed by atoms with Gasteiger partial charge in [-0.3, -0.25) is 4.68 Å². The van der Waals surface area contributed by atoms with Crippen molar-refractivity contribution in [1.29, 1.82) is 0 Å². The topological polar surface area (TPSA) is 72.9 Å². The van der Waals surface area contributed by atoms with Crippen molar-refractivity contribution >= 4 is 16.9 Å². The van der Waals surface area contributed by atoms with E-state index in [0.717, 1.165) is 47.7 Å². The van der Waals surface area contributed by atoms with E-state index in [1.807, 2.05) is 26.2 Å². The lowest BCUT2D eigenvalue weighted by atomic mass is 10.1. The molecule has 1 atom stereocenters. The molecule has 1 aliphatic heterocycles. The number of nitrogens with zero attached hydrogens (tertiary/aromatic N) is 6. The number of anilines is 1. The van der Waals surface area contributed by atoms with Crippen molar-refractivity contribution in [2.45, 2.75) is 25.8 Å². The van der Waals surface area contributed by atoms with Gasteiger partial charge in [0.2, 0.25) is 0 Å². The second-order valence-corrected chi connectivity index (χ2v) is 5.42. The zero-order valence-corrected chi connectivity index (χ0v) is 12.0. The van der Waals surface area contributed by atoms with Crippen LogP contribution in [-0.2, 0) is 7.05 Å². The van der Waals surface area contributed by atoms with Gasteiger partial charge in [0, 0.05) is 19.7 Å².